The summed E-state index contributed by atoms with van der Waals surface area (Å²) in [7, 11) is 1.49. The van der Waals surface area contributed by atoms with Crippen LogP contribution in [0.4, 0.5) is 0 Å². The Balaban J connectivity index is 1.92. The Bertz CT molecular complexity index is 856. The zero-order chi connectivity index (χ0) is 16.9. The molecule has 3 aromatic rings. The number of nitriles is 1. The van der Waals surface area contributed by atoms with Crippen LogP contribution in [0.15, 0.2) is 60.9 Å². The van der Waals surface area contributed by atoms with Gasteiger partial charge in [-0.1, -0.05) is 42.0 Å². The van der Waals surface area contributed by atoms with Crippen molar-refractivity contribution in [1.29, 1.82) is 5.26 Å². The van der Waals surface area contributed by atoms with Crippen LogP contribution in [-0.4, -0.2) is 11.7 Å². The molecule has 0 radical (unpaired) electrons. The van der Waals surface area contributed by atoms with Crippen LogP contribution in [0, 0.1) is 18.3 Å². The first-order valence-corrected chi connectivity index (χ1v) is 7.65. The Hall–Kier alpha value is -2.87. The molecule has 1 heterocycles. The molecular weight excluding hydrogens is 300 g/mol. The van der Waals surface area contributed by atoms with Crippen LogP contribution in [-0.2, 0) is 16.4 Å². The van der Waals surface area contributed by atoms with Gasteiger partial charge in [0.15, 0.2) is 0 Å². The van der Waals surface area contributed by atoms with Gasteiger partial charge in [-0.15, -0.1) is 0 Å². The second-order valence-corrected chi connectivity index (χ2v) is 5.57. The standard InChI is InChI=1S/C20H18N2O2/c1-15-3-7-17(8-4-15)20-13-22(12-18(20)11-21)19-9-5-16(6-10-19)14-24-23-2/h3-10,12-13H,14H2,1-2H3. The molecule has 4 heteroatoms. The second-order valence-electron chi connectivity index (χ2n) is 5.57. The zero-order valence-electron chi connectivity index (χ0n) is 13.7. The van der Waals surface area contributed by atoms with Crippen LogP contribution in [0.3, 0.4) is 0 Å². The lowest BCUT2D eigenvalue weighted by atomic mass is 10.0. The normalized spacial score (nSPS) is 10.5. The highest BCUT2D eigenvalue weighted by Crippen LogP contribution is 2.26. The molecule has 0 bridgehead atoms. The summed E-state index contributed by atoms with van der Waals surface area (Å²) in [6.07, 6.45) is 3.85. The lowest BCUT2D eigenvalue weighted by molar-refractivity contribution is -0.282. The molecule has 0 aliphatic heterocycles. The Labute approximate surface area is 141 Å². The molecule has 120 valence electrons. The van der Waals surface area contributed by atoms with E-state index in [1.165, 1.54) is 12.7 Å². The van der Waals surface area contributed by atoms with Crippen molar-refractivity contribution in [1.82, 2.24) is 4.57 Å². The first kappa shape index (κ1) is 16.0. The molecule has 1 aromatic heterocycles. The van der Waals surface area contributed by atoms with E-state index in [1.807, 2.05) is 53.4 Å². The van der Waals surface area contributed by atoms with Crippen molar-refractivity contribution in [2.45, 2.75) is 13.5 Å². The fourth-order valence-electron chi connectivity index (χ4n) is 2.55. The minimum absolute atomic E-state index is 0.403. The molecule has 0 aliphatic carbocycles. The maximum atomic E-state index is 9.44. The number of benzene rings is 2. The monoisotopic (exact) mass is 318 g/mol. The summed E-state index contributed by atoms with van der Waals surface area (Å²) < 4.78 is 1.97. The first-order chi connectivity index (χ1) is 11.7. The predicted molar refractivity (Wildman–Crippen MR) is 92.5 cm³/mol. The van der Waals surface area contributed by atoms with Gasteiger partial charge < -0.3 is 4.57 Å². The van der Waals surface area contributed by atoms with E-state index in [2.05, 4.69) is 30.0 Å². The van der Waals surface area contributed by atoms with E-state index in [0.717, 1.165) is 22.4 Å². The van der Waals surface area contributed by atoms with Crippen LogP contribution in [0.25, 0.3) is 16.8 Å². The number of nitrogens with zero attached hydrogens (tertiary/aromatic N) is 2. The van der Waals surface area contributed by atoms with Gasteiger partial charge in [-0.2, -0.15) is 5.26 Å². The molecule has 0 saturated heterocycles. The lowest BCUT2D eigenvalue weighted by Gasteiger charge is -2.05. The van der Waals surface area contributed by atoms with Crippen molar-refractivity contribution in [3.8, 4) is 22.9 Å². The molecule has 0 unspecified atom stereocenters. The van der Waals surface area contributed by atoms with Crippen molar-refractivity contribution < 1.29 is 9.78 Å². The van der Waals surface area contributed by atoms with E-state index >= 15 is 0 Å². The summed E-state index contributed by atoms with van der Waals surface area (Å²) in [5.41, 5.74) is 5.85. The lowest BCUT2D eigenvalue weighted by Crippen LogP contribution is -1.93. The summed E-state index contributed by atoms with van der Waals surface area (Å²) >= 11 is 0. The maximum Gasteiger partial charge on any atom is 0.107 e. The van der Waals surface area contributed by atoms with Gasteiger partial charge in [0.2, 0.25) is 0 Å². The van der Waals surface area contributed by atoms with Crippen molar-refractivity contribution in [3.05, 3.63) is 77.6 Å². The molecule has 24 heavy (non-hydrogen) atoms. The topological polar surface area (TPSA) is 47.2 Å². The SMILES string of the molecule is COOCc1ccc(-n2cc(C#N)c(-c3ccc(C)cc3)c2)cc1. The third-order valence-corrected chi connectivity index (χ3v) is 3.89. The van der Waals surface area contributed by atoms with Gasteiger partial charge in [-0.05, 0) is 30.2 Å². The highest BCUT2D eigenvalue weighted by atomic mass is 17.2. The molecule has 0 saturated carbocycles. The van der Waals surface area contributed by atoms with E-state index < -0.39 is 0 Å². The molecule has 0 spiro atoms. The Morgan fingerprint density at radius 2 is 1.71 bits per heavy atom. The zero-order valence-corrected chi connectivity index (χ0v) is 13.7. The third kappa shape index (κ3) is 3.38. The van der Waals surface area contributed by atoms with Gasteiger partial charge >= 0.3 is 0 Å². The smallest absolute Gasteiger partial charge is 0.107 e. The van der Waals surface area contributed by atoms with E-state index in [0.29, 0.717) is 12.2 Å². The molecule has 3 rings (SSSR count). The van der Waals surface area contributed by atoms with Gasteiger partial charge in [0, 0.05) is 23.6 Å². The molecular formula is C20H18N2O2. The van der Waals surface area contributed by atoms with E-state index in [9.17, 15) is 5.26 Å². The van der Waals surface area contributed by atoms with Gasteiger partial charge in [-0.3, -0.25) is 0 Å². The number of aryl methyl sites for hydroxylation is 1. The quantitative estimate of drug-likeness (QED) is 0.517. The third-order valence-electron chi connectivity index (χ3n) is 3.89. The molecule has 0 aliphatic rings. The van der Waals surface area contributed by atoms with Crippen LogP contribution in [0.1, 0.15) is 16.7 Å². The van der Waals surface area contributed by atoms with Gasteiger partial charge in [0.05, 0.1) is 12.7 Å². The summed E-state index contributed by atoms with van der Waals surface area (Å²) in [5, 5.41) is 9.44. The molecule has 0 atom stereocenters. The van der Waals surface area contributed by atoms with Crippen LogP contribution in [0.5, 0.6) is 0 Å². The Morgan fingerprint density at radius 1 is 1.00 bits per heavy atom. The predicted octanol–water partition coefficient (Wildman–Crippen LogP) is 4.40. The van der Waals surface area contributed by atoms with E-state index in [-0.39, 0.29) is 0 Å². The van der Waals surface area contributed by atoms with Crippen molar-refractivity contribution >= 4 is 0 Å². The molecule has 0 amide bonds. The molecule has 2 aromatic carbocycles. The summed E-state index contributed by atoms with van der Waals surface area (Å²) in [6.45, 7) is 2.45. The Kier molecular flexibility index (Phi) is 4.76. The first-order valence-electron chi connectivity index (χ1n) is 7.65. The summed E-state index contributed by atoms with van der Waals surface area (Å²) in [6, 6.07) is 18.4. The number of hydrogen-bond donors (Lipinski definition) is 0. The van der Waals surface area contributed by atoms with Crippen molar-refractivity contribution in [3.63, 3.8) is 0 Å². The fraction of sp³-hybridized carbons (Fsp3) is 0.150. The van der Waals surface area contributed by atoms with E-state index in [1.54, 1.807) is 0 Å². The minimum Gasteiger partial charge on any atom is -0.322 e. The Morgan fingerprint density at radius 3 is 2.33 bits per heavy atom. The van der Waals surface area contributed by atoms with Gasteiger partial charge in [-0.25, -0.2) is 9.78 Å². The van der Waals surface area contributed by atoms with Crippen molar-refractivity contribution in [2.75, 3.05) is 7.11 Å². The number of aromatic nitrogens is 1. The summed E-state index contributed by atoms with van der Waals surface area (Å²) in [5.74, 6) is 0. The van der Waals surface area contributed by atoms with Crippen LogP contribution < -0.4 is 0 Å². The molecule has 4 nitrogen and oxygen atoms in total. The van der Waals surface area contributed by atoms with Crippen LogP contribution in [0.2, 0.25) is 0 Å². The average molecular weight is 318 g/mol. The van der Waals surface area contributed by atoms with Crippen LogP contribution >= 0.6 is 0 Å². The summed E-state index contributed by atoms with van der Waals surface area (Å²) in [4.78, 5) is 9.53. The van der Waals surface area contributed by atoms with Crippen molar-refractivity contribution in [2.24, 2.45) is 0 Å². The highest BCUT2D eigenvalue weighted by Gasteiger charge is 2.10. The average Bonchev–Trinajstić information content (AvgIpc) is 3.05. The molecule has 0 N–H and O–H groups in total. The van der Waals surface area contributed by atoms with E-state index in [4.69, 9.17) is 4.89 Å². The van der Waals surface area contributed by atoms with Gasteiger partial charge in [0.25, 0.3) is 0 Å². The van der Waals surface area contributed by atoms with Gasteiger partial charge in [0.1, 0.15) is 12.7 Å². The minimum atomic E-state index is 0.403. The number of rotatable bonds is 5. The number of hydrogen-bond acceptors (Lipinski definition) is 3. The molecule has 0 fully saturated rings. The largest absolute Gasteiger partial charge is 0.322 e. The maximum absolute atomic E-state index is 9.44. The highest BCUT2D eigenvalue weighted by molar-refractivity contribution is 5.71. The fourth-order valence-corrected chi connectivity index (χ4v) is 2.55. The second kappa shape index (κ2) is 7.14.